The molecule has 1 aromatic carbocycles. The van der Waals surface area contributed by atoms with Gasteiger partial charge in [-0.15, -0.1) is 0 Å². The van der Waals surface area contributed by atoms with Gasteiger partial charge in [-0.3, -0.25) is 9.69 Å². The summed E-state index contributed by atoms with van der Waals surface area (Å²) in [4.78, 5) is 21.0. The van der Waals surface area contributed by atoms with Crippen LogP contribution >= 0.6 is 0 Å². The van der Waals surface area contributed by atoms with Crippen LogP contribution in [0.15, 0.2) is 29.3 Å². The Morgan fingerprint density at radius 1 is 1.17 bits per heavy atom. The Hall–Kier alpha value is -2.08. The van der Waals surface area contributed by atoms with Crippen molar-refractivity contribution in [3.05, 3.63) is 35.4 Å². The van der Waals surface area contributed by atoms with Gasteiger partial charge in [0.2, 0.25) is 0 Å². The number of guanidine groups is 1. The van der Waals surface area contributed by atoms with E-state index in [4.69, 9.17) is 4.99 Å². The molecule has 1 aromatic rings. The van der Waals surface area contributed by atoms with Gasteiger partial charge in [0.25, 0.3) is 5.91 Å². The summed E-state index contributed by atoms with van der Waals surface area (Å²) in [7, 11) is 3.54. The lowest BCUT2D eigenvalue weighted by molar-refractivity contribution is 0.0827. The Morgan fingerprint density at radius 2 is 1.80 bits per heavy atom. The minimum absolute atomic E-state index is 0.0203. The highest BCUT2D eigenvalue weighted by atomic mass is 16.2. The number of likely N-dealkylation sites (tertiary alicyclic amines) is 1. The van der Waals surface area contributed by atoms with Crippen LogP contribution in [0, 0.1) is 11.8 Å². The standard InChI is InChI=1S/C24H41N5O/c1-7-25-24(26-16-20-8-10-21(11-9-20)23(30)28(5)6)27-17-22(18(2)3)29-14-12-19(4)13-15-29/h8-11,18-19,22H,7,12-17H2,1-6H3,(H2,25,26,27). The van der Waals surface area contributed by atoms with E-state index in [0.29, 0.717) is 24.1 Å². The van der Waals surface area contributed by atoms with Crippen molar-refractivity contribution in [3.8, 4) is 0 Å². The van der Waals surface area contributed by atoms with E-state index >= 15 is 0 Å². The fraction of sp³-hybridized carbons (Fsp3) is 0.667. The quantitative estimate of drug-likeness (QED) is 0.506. The molecule has 0 spiro atoms. The zero-order chi connectivity index (χ0) is 22.1. The fourth-order valence-electron chi connectivity index (χ4n) is 3.87. The first kappa shape index (κ1) is 24.2. The molecule has 1 saturated heterocycles. The lowest BCUT2D eigenvalue weighted by Gasteiger charge is -2.39. The lowest BCUT2D eigenvalue weighted by atomic mass is 9.94. The van der Waals surface area contributed by atoms with Crippen LogP contribution < -0.4 is 10.6 Å². The van der Waals surface area contributed by atoms with Crippen molar-refractivity contribution in [1.29, 1.82) is 0 Å². The third-order valence-corrected chi connectivity index (χ3v) is 5.91. The maximum Gasteiger partial charge on any atom is 0.253 e. The summed E-state index contributed by atoms with van der Waals surface area (Å²) in [6, 6.07) is 8.22. The largest absolute Gasteiger partial charge is 0.357 e. The summed E-state index contributed by atoms with van der Waals surface area (Å²) in [5.41, 5.74) is 1.79. The molecule has 1 aliphatic heterocycles. The molecular weight excluding hydrogens is 374 g/mol. The number of piperidine rings is 1. The number of amides is 1. The predicted molar refractivity (Wildman–Crippen MR) is 126 cm³/mol. The predicted octanol–water partition coefficient (Wildman–Crippen LogP) is 3.20. The van der Waals surface area contributed by atoms with Crippen LogP contribution in [-0.2, 0) is 6.54 Å². The van der Waals surface area contributed by atoms with Gasteiger partial charge in [0.15, 0.2) is 5.96 Å². The average Bonchev–Trinajstić information content (AvgIpc) is 2.72. The number of hydrogen-bond acceptors (Lipinski definition) is 3. The lowest BCUT2D eigenvalue weighted by Crippen LogP contribution is -2.51. The molecule has 0 radical (unpaired) electrons. The number of rotatable bonds is 8. The molecule has 1 atom stereocenters. The van der Waals surface area contributed by atoms with Crippen LogP contribution in [0.2, 0.25) is 0 Å². The first-order chi connectivity index (χ1) is 14.3. The van der Waals surface area contributed by atoms with Crippen LogP contribution in [0.25, 0.3) is 0 Å². The number of nitrogens with one attached hydrogen (secondary N) is 2. The van der Waals surface area contributed by atoms with Crippen LogP contribution in [0.4, 0.5) is 0 Å². The van der Waals surface area contributed by atoms with Gasteiger partial charge < -0.3 is 15.5 Å². The van der Waals surface area contributed by atoms with E-state index in [-0.39, 0.29) is 5.91 Å². The summed E-state index contributed by atoms with van der Waals surface area (Å²) < 4.78 is 0. The number of benzene rings is 1. The van der Waals surface area contributed by atoms with Gasteiger partial charge in [0.05, 0.1) is 6.54 Å². The van der Waals surface area contributed by atoms with E-state index in [0.717, 1.165) is 30.5 Å². The normalized spacial score (nSPS) is 17.1. The molecule has 0 aliphatic carbocycles. The van der Waals surface area contributed by atoms with Crippen molar-refractivity contribution >= 4 is 11.9 Å². The van der Waals surface area contributed by atoms with Crippen LogP contribution in [0.1, 0.15) is 56.5 Å². The van der Waals surface area contributed by atoms with E-state index in [1.165, 1.54) is 25.9 Å². The second kappa shape index (κ2) is 11.9. The molecule has 6 nitrogen and oxygen atoms in total. The summed E-state index contributed by atoms with van der Waals surface area (Å²) >= 11 is 0. The Balaban J connectivity index is 1.96. The smallest absolute Gasteiger partial charge is 0.253 e. The second-order valence-electron chi connectivity index (χ2n) is 9.00. The van der Waals surface area contributed by atoms with Gasteiger partial charge in [-0.25, -0.2) is 4.99 Å². The molecule has 1 amide bonds. The molecule has 2 rings (SSSR count). The van der Waals surface area contributed by atoms with Crippen LogP contribution in [0.3, 0.4) is 0 Å². The van der Waals surface area contributed by atoms with E-state index in [1.54, 1.807) is 19.0 Å². The SMILES string of the molecule is CCNC(=NCc1ccc(C(=O)N(C)C)cc1)NCC(C(C)C)N1CCC(C)CC1. The van der Waals surface area contributed by atoms with E-state index < -0.39 is 0 Å². The Labute approximate surface area is 183 Å². The van der Waals surface area contributed by atoms with Gasteiger partial charge >= 0.3 is 0 Å². The molecule has 1 aliphatic rings. The number of carbonyl (C=O) groups is 1. The molecule has 1 fully saturated rings. The monoisotopic (exact) mass is 415 g/mol. The molecule has 6 heteroatoms. The van der Waals surface area contributed by atoms with E-state index in [1.807, 2.05) is 24.3 Å². The first-order valence-corrected chi connectivity index (χ1v) is 11.4. The third-order valence-electron chi connectivity index (χ3n) is 5.91. The van der Waals surface area contributed by atoms with Gasteiger partial charge in [-0.05, 0) is 62.4 Å². The highest BCUT2D eigenvalue weighted by molar-refractivity contribution is 5.93. The van der Waals surface area contributed by atoms with Crippen molar-refractivity contribution < 1.29 is 4.79 Å². The summed E-state index contributed by atoms with van der Waals surface area (Å²) in [5.74, 6) is 2.31. The maximum atomic E-state index is 12.0. The molecule has 0 saturated carbocycles. The van der Waals surface area contributed by atoms with Crippen molar-refractivity contribution in [2.45, 2.75) is 53.1 Å². The third kappa shape index (κ3) is 7.31. The van der Waals surface area contributed by atoms with Crippen molar-refractivity contribution in [1.82, 2.24) is 20.4 Å². The number of hydrogen-bond donors (Lipinski definition) is 2. The summed E-state index contributed by atoms with van der Waals surface area (Å²) in [6.45, 7) is 13.8. The van der Waals surface area contributed by atoms with Crippen LogP contribution in [-0.4, -0.2) is 68.0 Å². The minimum atomic E-state index is 0.0203. The van der Waals surface area contributed by atoms with E-state index in [9.17, 15) is 4.79 Å². The van der Waals surface area contributed by atoms with Gasteiger partial charge in [0, 0.05) is 38.8 Å². The Morgan fingerprint density at radius 3 is 2.33 bits per heavy atom. The highest BCUT2D eigenvalue weighted by Gasteiger charge is 2.25. The highest BCUT2D eigenvalue weighted by Crippen LogP contribution is 2.21. The zero-order valence-corrected chi connectivity index (χ0v) is 19.7. The summed E-state index contributed by atoms with van der Waals surface area (Å²) in [6.07, 6.45) is 2.59. The van der Waals surface area contributed by atoms with Crippen molar-refractivity contribution in [2.75, 3.05) is 40.3 Å². The fourth-order valence-corrected chi connectivity index (χ4v) is 3.87. The molecular formula is C24H41N5O. The first-order valence-electron chi connectivity index (χ1n) is 11.4. The molecule has 2 N–H and O–H groups in total. The molecule has 168 valence electrons. The zero-order valence-electron chi connectivity index (χ0n) is 19.7. The van der Waals surface area contributed by atoms with Crippen molar-refractivity contribution in [3.63, 3.8) is 0 Å². The molecule has 1 heterocycles. The average molecular weight is 416 g/mol. The topological polar surface area (TPSA) is 60.0 Å². The minimum Gasteiger partial charge on any atom is -0.357 e. The summed E-state index contributed by atoms with van der Waals surface area (Å²) in [5, 5.41) is 6.92. The van der Waals surface area contributed by atoms with Crippen molar-refractivity contribution in [2.24, 2.45) is 16.8 Å². The second-order valence-corrected chi connectivity index (χ2v) is 9.00. The van der Waals surface area contributed by atoms with Crippen LogP contribution in [0.5, 0.6) is 0 Å². The Bertz CT molecular complexity index is 675. The maximum absolute atomic E-state index is 12.0. The van der Waals surface area contributed by atoms with Gasteiger partial charge in [-0.2, -0.15) is 0 Å². The van der Waals surface area contributed by atoms with Gasteiger partial charge in [-0.1, -0.05) is 32.9 Å². The van der Waals surface area contributed by atoms with E-state index in [2.05, 4.69) is 43.2 Å². The number of carbonyl (C=O) groups excluding carboxylic acids is 1. The number of nitrogens with zero attached hydrogens (tertiary/aromatic N) is 3. The molecule has 0 bridgehead atoms. The molecule has 0 aromatic heterocycles. The number of aliphatic imine (C=N–C) groups is 1. The Kier molecular flexibility index (Phi) is 9.63. The van der Waals surface area contributed by atoms with Gasteiger partial charge in [0.1, 0.15) is 0 Å². The molecule has 30 heavy (non-hydrogen) atoms. The molecule has 1 unspecified atom stereocenters.